The maximum absolute atomic E-state index is 2.32. The number of hydrogen-bond acceptors (Lipinski definition) is 0. The van der Waals surface area contributed by atoms with Crippen molar-refractivity contribution in [2.45, 2.75) is 26.2 Å². The summed E-state index contributed by atoms with van der Waals surface area (Å²) < 4.78 is 0. The maximum Gasteiger partial charge on any atom is 0.0212 e. The second-order valence-corrected chi connectivity index (χ2v) is 4.85. The zero-order chi connectivity index (χ0) is 11.8. The van der Waals surface area contributed by atoms with Crippen LogP contribution < -0.4 is 0 Å². The largest absolute Gasteiger partial charge is 0.0648 e. The van der Waals surface area contributed by atoms with Crippen molar-refractivity contribution in [1.29, 1.82) is 0 Å². The van der Waals surface area contributed by atoms with Crippen molar-refractivity contribution in [1.82, 2.24) is 0 Å². The molecule has 0 heterocycles. The number of fused-ring (bicyclic) bond motifs is 3. The third-order valence-electron chi connectivity index (χ3n) is 3.81. The van der Waals surface area contributed by atoms with E-state index in [1.165, 1.54) is 34.2 Å². The van der Waals surface area contributed by atoms with Crippen LogP contribution in [0.4, 0.5) is 0 Å². The first-order valence-electron chi connectivity index (χ1n) is 6.38. The molecule has 0 aliphatic heterocycles. The minimum absolute atomic E-state index is 0.629. The van der Waals surface area contributed by atoms with Gasteiger partial charge in [-0.15, -0.1) is 0 Å². The minimum atomic E-state index is 0.629. The Morgan fingerprint density at radius 3 is 2.53 bits per heavy atom. The minimum Gasteiger partial charge on any atom is -0.0648 e. The van der Waals surface area contributed by atoms with Crippen LogP contribution in [0.5, 0.6) is 0 Å². The summed E-state index contributed by atoms with van der Waals surface area (Å²) in [6.07, 6.45) is 3.50. The van der Waals surface area contributed by atoms with Crippen LogP contribution in [0.1, 0.15) is 42.9 Å². The smallest absolute Gasteiger partial charge is 0.0212 e. The van der Waals surface area contributed by atoms with Crippen LogP contribution in [0.2, 0.25) is 0 Å². The van der Waals surface area contributed by atoms with Crippen molar-refractivity contribution >= 4 is 0 Å². The highest BCUT2D eigenvalue weighted by molar-refractivity contribution is 5.83. The van der Waals surface area contributed by atoms with E-state index in [1.54, 1.807) is 0 Å². The normalized spacial score (nSPS) is 14.2. The van der Waals surface area contributed by atoms with Crippen LogP contribution in [0, 0.1) is 6.42 Å². The highest BCUT2D eigenvalue weighted by atomic mass is 14.3. The Kier molecular flexibility index (Phi) is 2.51. The highest BCUT2D eigenvalue weighted by Crippen LogP contribution is 2.42. The molecule has 0 saturated heterocycles. The van der Waals surface area contributed by atoms with Gasteiger partial charge in [0.15, 0.2) is 0 Å². The van der Waals surface area contributed by atoms with Crippen LogP contribution in [0.3, 0.4) is 0 Å². The molecular formula is C17H17. The van der Waals surface area contributed by atoms with E-state index in [4.69, 9.17) is 0 Å². The molecule has 0 saturated carbocycles. The van der Waals surface area contributed by atoms with Crippen LogP contribution >= 0.6 is 0 Å². The van der Waals surface area contributed by atoms with E-state index >= 15 is 0 Å². The quantitative estimate of drug-likeness (QED) is 0.584. The van der Waals surface area contributed by atoms with Crippen molar-refractivity contribution in [3.63, 3.8) is 0 Å². The zero-order valence-corrected chi connectivity index (χ0v) is 10.4. The van der Waals surface area contributed by atoms with Gasteiger partial charge in [-0.25, -0.2) is 0 Å². The first kappa shape index (κ1) is 10.6. The summed E-state index contributed by atoms with van der Waals surface area (Å²) in [4.78, 5) is 0. The Balaban J connectivity index is 2.23. The average Bonchev–Trinajstić information content (AvgIpc) is 2.76. The predicted molar refractivity (Wildman–Crippen MR) is 73.1 cm³/mol. The van der Waals surface area contributed by atoms with E-state index in [9.17, 15) is 0 Å². The molecule has 17 heavy (non-hydrogen) atoms. The van der Waals surface area contributed by atoms with Crippen molar-refractivity contribution in [2.24, 2.45) is 0 Å². The fraction of sp³-hybridized carbons (Fsp3) is 0.235. The highest BCUT2D eigenvalue weighted by Gasteiger charge is 2.22. The summed E-state index contributed by atoms with van der Waals surface area (Å²) in [5, 5.41) is 0. The zero-order valence-electron chi connectivity index (χ0n) is 10.4. The monoisotopic (exact) mass is 221 g/mol. The third-order valence-corrected chi connectivity index (χ3v) is 3.81. The summed E-state index contributed by atoms with van der Waals surface area (Å²) in [5.74, 6) is 0.629. The molecule has 1 unspecified atom stereocenters. The molecule has 1 radical (unpaired) electrons. The molecule has 3 rings (SSSR count). The molecule has 0 N–H and O–H groups in total. The first-order chi connectivity index (χ1) is 8.31. The van der Waals surface area contributed by atoms with Gasteiger partial charge in [-0.2, -0.15) is 0 Å². The molecular weight excluding hydrogens is 204 g/mol. The van der Waals surface area contributed by atoms with Crippen LogP contribution in [0.15, 0.2) is 42.5 Å². The van der Waals surface area contributed by atoms with E-state index in [1.807, 2.05) is 0 Å². The summed E-state index contributed by atoms with van der Waals surface area (Å²) >= 11 is 0. The van der Waals surface area contributed by atoms with E-state index < -0.39 is 0 Å². The Morgan fingerprint density at radius 2 is 1.71 bits per heavy atom. The molecule has 0 spiro atoms. The van der Waals surface area contributed by atoms with E-state index in [0.29, 0.717) is 5.92 Å². The second-order valence-electron chi connectivity index (χ2n) is 4.85. The van der Waals surface area contributed by atoms with Gasteiger partial charge in [0.05, 0.1) is 0 Å². The Labute approximate surface area is 103 Å². The van der Waals surface area contributed by atoms with E-state index in [2.05, 4.69) is 62.7 Å². The fourth-order valence-electron chi connectivity index (χ4n) is 2.67. The predicted octanol–water partition coefficient (Wildman–Crippen LogP) is 4.78. The molecule has 0 nitrogen and oxygen atoms in total. The van der Waals surface area contributed by atoms with Gasteiger partial charge in [-0.05, 0) is 40.2 Å². The molecule has 0 amide bonds. The SMILES string of the molecule is CCC(C)c1cccc2c1-c1ccccc1[CH]2. The van der Waals surface area contributed by atoms with Gasteiger partial charge < -0.3 is 0 Å². The molecule has 0 heteroatoms. The third kappa shape index (κ3) is 1.59. The Morgan fingerprint density at radius 1 is 0.941 bits per heavy atom. The van der Waals surface area contributed by atoms with E-state index in [0.717, 1.165) is 0 Å². The molecule has 0 bridgehead atoms. The van der Waals surface area contributed by atoms with E-state index in [-0.39, 0.29) is 0 Å². The van der Waals surface area contributed by atoms with Crippen molar-refractivity contribution in [3.8, 4) is 11.1 Å². The average molecular weight is 221 g/mol. The van der Waals surface area contributed by atoms with Crippen molar-refractivity contribution < 1.29 is 0 Å². The van der Waals surface area contributed by atoms with Gasteiger partial charge in [-0.3, -0.25) is 0 Å². The van der Waals surface area contributed by atoms with Gasteiger partial charge >= 0.3 is 0 Å². The molecule has 0 fully saturated rings. The summed E-state index contributed by atoms with van der Waals surface area (Å²) in [5.41, 5.74) is 7.09. The molecule has 2 aromatic rings. The lowest BCUT2D eigenvalue weighted by molar-refractivity contribution is 0.735. The van der Waals surface area contributed by atoms with Gasteiger partial charge in [0.2, 0.25) is 0 Å². The van der Waals surface area contributed by atoms with Crippen LogP contribution in [-0.2, 0) is 0 Å². The molecule has 1 aliphatic carbocycles. The summed E-state index contributed by atoms with van der Waals surface area (Å²) in [7, 11) is 0. The number of rotatable bonds is 2. The van der Waals surface area contributed by atoms with Gasteiger partial charge in [0.25, 0.3) is 0 Å². The first-order valence-corrected chi connectivity index (χ1v) is 6.38. The molecule has 1 aliphatic rings. The number of benzene rings is 2. The summed E-state index contributed by atoms with van der Waals surface area (Å²) in [6.45, 7) is 4.57. The van der Waals surface area contributed by atoms with Gasteiger partial charge in [-0.1, -0.05) is 56.3 Å². The lowest BCUT2D eigenvalue weighted by Crippen LogP contribution is -1.95. The molecule has 0 aromatic heterocycles. The summed E-state index contributed by atoms with van der Waals surface area (Å²) in [6, 6.07) is 15.4. The van der Waals surface area contributed by atoms with Gasteiger partial charge in [0, 0.05) is 6.42 Å². The topological polar surface area (TPSA) is 0 Å². The van der Waals surface area contributed by atoms with Crippen LogP contribution in [-0.4, -0.2) is 0 Å². The van der Waals surface area contributed by atoms with Crippen LogP contribution in [0.25, 0.3) is 11.1 Å². The Hall–Kier alpha value is -1.56. The lowest BCUT2D eigenvalue weighted by atomic mass is 9.90. The van der Waals surface area contributed by atoms with Crippen molar-refractivity contribution in [2.75, 3.05) is 0 Å². The fourth-order valence-corrected chi connectivity index (χ4v) is 2.67. The van der Waals surface area contributed by atoms with Crippen molar-refractivity contribution in [3.05, 3.63) is 65.6 Å². The molecule has 1 atom stereocenters. The lowest BCUT2D eigenvalue weighted by Gasteiger charge is -2.15. The standard InChI is InChI=1S/C17H17/c1-3-12(2)15-10-6-8-14-11-13-7-4-5-9-16(13)17(14)15/h4-12H,3H2,1-2H3. The van der Waals surface area contributed by atoms with Gasteiger partial charge in [0.1, 0.15) is 0 Å². The maximum atomic E-state index is 2.32. The molecule has 85 valence electrons. The number of hydrogen-bond donors (Lipinski definition) is 0. The second kappa shape index (κ2) is 4.03. The molecule has 2 aromatic carbocycles. The Bertz CT molecular complexity index is 552.